The molecule has 1 atom stereocenters. The lowest BCUT2D eigenvalue weighted by Gasteiger charge is -2.02. The van der Waals surface area contributed by atoms with Gasteiger partial charge in [-0.25, -0.2) is 9.89 Å². The number of nitrogens with one attached hydrogen (secondary N) is 1. The number of rotatable bonds is 3. The van der Waals surface area contributed by atoms with Crippen LogP contribution in [0.25, 0.3) is 0 Å². The van der Waals surface area contributed by atoms with Crippen LogP contribution < -0.4 is 11.4 Å². The second-order valence-electron chi connectivity index (χ2n) is 2.66. The Hall–Kier alpha value is -0.750. The van der Waals surface area contributed by atoms with Crippen molar-refractivity contribution < 1.29 is 0 Å². The smallest absolute Gasteiger partial charge is 0.327 e. The highest BCUT2D eigenvalue weighted by atomic mass is 32.2. The molecule has 1 aromatic rings. The number of thioether (sulfide) groups is 1. The van der Waals surface area contributed by atoms with Crippen molar-refractivity contribution in [3.63, 3.8) is 0 Å². The molecule has 1 aromatic heterocycles. The van der Waals surface area contributed by atoms with Crippen LogP contribution >= 0.6 is 11.8 Å². The van der Waals surface area contributed by atoms with Crippen LogP contribution in [0.5, 0.6) is 0 Å². The van der Waals surface area contributed by atoms with Crippen molar-refractivity contribution in [2.75, 3.05) is 5.75 Å². The van der Waals surface area contributed by atoms with E-state index in [2.05, 4.69) is 10.2 Å². The molecule has 0 aromatic carbocycles. The summed E-state index contributed by atoms with van der Waals surface area (Å²) in [6.45, 7) is 1.91. The van der Waals surface area contributed by atoms with E-state index in [0.717, 1.165) is 5.75 Å². The average molecular weight is 188 g/mol. The number of nitrogens with zero attached hydrogens (tertiary/aromatic N) is 2. The highest BCUT2D eigenvalue weighted by molar-refractivity contribution is 7.99. The average Bonchev–Trinajstić information content (AvgIpc) is 2.30. The van der Waals surface area contributed by atoms with Crippen molar-refractivity contribution in [2.45, 2.75) is 18.1 Å². The van der Waals surface area contributed by atoms with E-state index in [4.69, 9.17) is 5.73 Å². The van der Waals surface area contributed by atoms with Crippen LogP contribution in [0.15, 0.2) is 9.95 Å². The summed E-state index contributed by atoms with van der Waals surface area (Å²) in [7, 11) is 1.68. The highest BCUT2D eigenvalue weighted by Gasteiger charge is 2.04. The first-order valence-corrected chi connectivity index (χ1v) is 4.59. The van der Waals surface area contributed by atoms with Gasteiger partial charge in [0, 0.05) is 18.8 Å². The summed E-state index contributed by atoms with van der Waals surface area (Å²) in [6, 6.07) is 0.113. The Morgan fingerprint density at radius 2 is 2.50 bits per heavy atom. The number of hydrogen-bond acceptors (Lipinski definition) is 4. The summed E-state index contributed by atoms with van der Waals surface area (Å²) >= 11 is 1.47. The van der Waals surface area contributed by atoms with Crippen molar-refractivity contribution in [2.24, 2.45) is 12.8 Å². The van der Waals surface area contributed by atoms with Crippen molar-refractivity contribution in [1.82, 2.24) is 14.8 Å². The van der Waals surface area contributed by atoms with Crippen molar-refractivity contribution >= 4 is 11.8 Å². The fraction of sp³-hybridized carbons (Fsp3) is 0.667. The summed E-state index contributed by atoms with van der Waals surface area (Å²) in [5.41, 5.74) is 5.36. The molecule has 12 heavy (non-hydrogen) atoms. The van der Waals surface area contributed by atoms with E-state index >= 15 is 0 Å². The van der Waals surface area contributed by atoms with E-state index in [0.29, 0.717) is 5.16 Å². The molecule has 0 aliphatic rings. The third-order valence-corrected chi connectivity index (χ3v) is 2.63. The van der Waals surface area contributed by atoms with E-state index in [1.54, 1.807) is 7.05 Å². The van der Waals surface area contributed by atoms with Gasteiger partial charge >= 0.3 is 5.69 Å². The van der Waals surface area contributed by atoms with Gasteiger partial charge < -0.3 is 5.73 Å². The molecule has 0 bridgehead atoms. The Morgan fingerprint density at radius 1 is 1.83 bits per heavy atom. The van der Waals surface area contributed by atoms with Crippen molar-refractivity contribution in [3.8, 4) is 0 Å². The van der Waals surface area contributed by atoms with Gasteiger partial charge in [0.05, 0.1) is 0 Å². The maximum atomic E-state index is 10.9. The van der Waals surface area contributed by atoms with Crippen LogP contribution in [0.3, 0.4) is 0 Å². The lowest BCUT2D eigenvalue weighted by atomic mass is 10.4. The van der Waals surface area contributed by atoms with Gasteiger partial charge in [-0.05, 0) is 6.92 Å². The molecule has 1 heterocycles. The minimum absolute atomic E-state index is 0.113. The molecule has 0 aliphatic heterocycles. The molecule has 0 aliphatic carbocycles. The predicted molar refractivity (Wildman–Crippen MR) is 48.2 cm³/mol. The molecule has 0 fully saturated rings. The van der Waals surface area contributed by atoms with Gasteiger partial charge in [-0.15, -0.1) is 5.10 Å². The van der Waals surface area contributed by atoms with Gasteiger partial charge in [0.25, 0.3) is 0 Å². The highest BCUT2D eigenvalue weighted by Crippen LogP contribution is 2.11. The zero-order valence-electron chi connectivity index (χ0n) is 7.07. The Morgan fingerprint density at radius 3 is 2.92 bits per heavy atom. The summed E-state index contributed by atoms with van der Waals surface area (Å²) in [5, 5.41) is 6.85. The van der Waals surface area contributed by atoms with Gasteiger partial charge in [0.2, 0.25) is 0 Å². The molecular formula is C6H12N4OS. The van der Waals surface area contributed by atoms with Gasteiger partial charge in [-0.1, -0.05) is 11.8 Å². The zero-order chi connectivity index (χ0) is 9.14. The van der Waals surface area contributed by atoms with E-state index in [9.17, 15) is 4.79 Å². The number of aromatic nitrogens is 3. The molecule has 5 nitrogen and oxygen atoms in total. The number of H-pyrrole nitrogens is 1. The lowest BCUT2D eigenvalue weighted by molar-refractivity contribution is 0.761. The van der Waals surface area contributed by atoms with E-state index in [-0.39, 0.29) is 11.7 Å². The predicted octanol–water partition coefficient (Wildman–Crippen LogP) is -0.452. The molecule has 1 rings (SSSR count). The molecule has 0 amide bonds. The van der Waals surface area contributed by atoms with Gasteiger partial charge in [-0.3, -0.25) is 4.57 Å². The maximum Gasteiger partial charge on any atom is 0.343 e. The molecule has 3 N–H and O–H groups in total. The Balaban J connectivity index is 2.64. The molecule has 68 valence electrons. The van der Waals surface area contributed by atoms with Crippen LogP contribution in [-0.2, 0) is 7.05 Å². The first-order chi connectivity index (χ1) is 5.61. The first-order valence-electron chi connectivity index (χ1n) is 3.61. The third-order valence-electron chi connectivity index (χ3n) is 1.31. The fourth-order valence-corrected chi connectivity index (χ4v) is 1.47. The van der Waals surface area contributed by atoms with Gasteiger partial charge in [-0.2, -0.15) is 0 Å². The molecule has 0 saturated carbocycles. The minimum atomic E-state index is -0.192. The molecule has 0 saturated heterocycles. The second kappa shape index (κ2) is 3.77. The standard InChI is InChI=1S/C6H12N4OS/c1-4(7)3-12-6-9-8-5(11)10(6)2/h4H,3,7H2,1-2H3,(H,8,11)/t4-/m1/s1. The SMILES string of the molecule is C[C@@H](N)CSc1n[nH]c(=O)n1C. The lowest BCUT2D eigenvalue weighted by Crippen LogP contribution is -2.18. The van der Waals surface area contributed by atoms with Crippen LogP contribution in [0.2, 0.25) is 0 Å². The van der Waals surface area contributed by atoms with E-state index < -0.39 is 0 Å². The summed E-state index contributed by atoms with van der Waals surface area (Å²) < 4.78 is 1.47. The first kappa shape index (κ1) is 9.34. The van der Waals surface area contributed by atoms with E-state index in [1.807, 2.05) is 6.92 Å². The number of hydrogen-bond donors (Lipinski definition) is 2. The molecule has 6 heteroatoms. The summed E-state index contributed by atoms with van der Waals surface area (Å²) in [4.78, 5) is 10.9. The van der Waals surface area contributed by atoms with Gasteiger partial charge in [0.1, 0.15) is 0 Å². The van der Waals surface area contributed by atoms with Crippen LogP contribution in [0.1, 0.15) is 6.92 Å². The topological polar surface area (TPSA) is 76.7 Å². The van der Waals surface area contributed by atoms with Crippen LogP contribution in [0, 0.1) is 0 Å². The van der Waals surface area contributed by atoms with E-state index in [1.165, 1.54) is 16.3 Å². The molecular weight excluding hydrogens is 176 g/mol. The largest absolute Gasteiger partial charge is 0.343 e. The van der Waals surface area contributed by atoms with Crippen molar-refractivity contribution in [3.05, 3.63) is 10.5 Å². The second-order valence-corrected chi connectivity index (χ2v) is 3.65. The zero-order valence-corrected chi connectivity index (χ0v) is 7.89. The molecule has 0 spiro atoms. The normalized spacial score (nSPS) is 13.2. The third kappa shape index (κ3) is 2.12. The summed E-state index contributed by atoms with van der Waals surface area (Å²) in [5.74, 6) is 0.762. The quantitative estimate of drug-likeness (QED) is 0.630. The van der Waals surface area contributed by atoms with Crippen molar-refractivity contribution in [1.29, 1.82) is 0 Å². The monoisotopic (exact) mass is 188 g/mol. The van der Waals surface area contributed by atoms with Gasteiger partial charge in [0.15, 0.2) is 5.16 Å². The molecule has 0 radical (unpaired) electrons. The van der Waals surface area contributed by atoms with Crippen LogP contribution in [0.4, 0.5) is 0 Å². The summed E-state index contributed by atoms with van der Waals surface area (Å²) in [6.07, 6.45) is 0. The Kier molecular flexibility index (Phi) is 2.93. The number of nitrogens with two attached hydrogens (primary N) is 1. The Labute approximate surface area is 74.3 Å². The number of aromatic amines is 1. The van der Waals surface area contributed by atoms with Crippen LogP contribution in [-0.4, -0.2) is 26.6 Å². The minimum Gasteiger partial charge on any atom is -0.327 e. The maximum absolute atomic E-state index is 10.9. The molecule has 0 unspecified atom stereocenters. The Bertz CT molecular complexity index is 303. The fourth-order valence-electron chi connectivity index (χ4n) is 0.668.